The Kier molecular flexibility index (Phi) is 19.0. The van der Waals surface area contributed by atoms with Crippen LogP contribution in [0.25, 0.3) is 0 Å². The van der Waals surface area contributed by atoms with E-state index in [0.717, 1.165) is 6.42 Å². The average molecular weight is 329 g/mol. The molecule has 138 valence electrons. The average Bonchev–Trinajstić information content (AvgIpc) is 2.58. The first-order valence-electron chi connectivity index (χ1n) is 9.75. The van der Waals surface area contributed by atoms with Crippen molar-refractivity contribution < 1.29 is 14.6 Å². The lowest BCUT2D eigenvalue weighted by molar-refractivity contribution is 0.00447. The van der Waals surface area contributed by atoms with Crippen LogP contribution >= 0.6 is 0 Å². The Labute approximate surface area is 144 Å². The number of allylic oxidation sites excluding steroid dienone is 1. The molecule has 0 bridgehead atoms. The van der Waals surface area contributed by atoms with Crippen LogP contribution in [0.15, 0.2) is 12.3 Å². The maximum atomic E-state index is 8.92. The van der Waals surface area contributed by atoms with Crippen LogP contribution in [0, 0.1) is 0 Å². The van der Waals surface area contributed by atoms with Gasteiger partial charge < -0.3 is 14.6 Å². The van der Waals surface area contributed by atoms with Crippen LogP contribution in [0.3, 0.4) is 0 Å². The molecule has 0 amide bonds. The van der Waals surface area contributed by atoms with E-state index in [1.54, 1.807) is 13.4 Å². The zero-order valence-corrected chi connectivity index (χ0v) is 15.6. The Balaban J connectivity index is 3.13. The maximum Gasteiger partial charge on any atom is 0.116 e. The Bertz CT molecular complexity index is 237. The summed E-state index contributed by atoms with van der Waals surface area (Å²) >= 11 is 0. The quantitative estimate of drug-likeness (QED) is 0.262. The molecule has 0 rings (SSSR count). The Morgan fingerprint density at radius 1 is 0.826 bits per heavy atom. The fourth-order valence-electron chi connectivity index (χ4n) is 2.60. The van der Waals surface area contributed by atoms with Crippen molar-refractivity contribution in [2.75, 3.05) is 20.3 Å². The Hall–Kier alpha value is -0.540. The van der Waals surface area contributed by atoms with Gasteiger partial charge in [-0.15, -0.1) is 0 Å². The standard InChI is InChI=1S/C20H40O3/c1-3-4-5-6-7-8-9-10-11-12-13-14-15-16-17-23-19-20(18-21)22-2/h16-17,20-21H,3-15,18-19H2,1-2H3/b17-16-. The minimum Gasteiger partial charge on any atom is -0.499 e. The van der Waals surface area contributed by atoms with E-state index >= 15 is 0 Å². The summed E-state index contributed by atoms with van der Waals surface area (Å²) in [4.78, 5) is 0. The summed E-state index contributed by atoms with van der Waals surface area (Å²) < 4.78 is 10.3. The van der Waals surface area contributed by atoms with Crippen LogP contribution in [0.2, 0.25) is 0 Å². The molecule has 0 aliphatic rings. The molecule has 1 N–H and O–H groups in total. The number of unbranched alkanes of at least 4 members (excludes halogenated alkanes) is 12. The summed E-state index contributed by atoms with van der Waals surface area (Å²) in [5.74, 6) is 0. The van der Waals surface area contributed by atoms with E-state index in [-0.39, 0.29) is 12.7 Å². The molecule has 0 aromatic heterocycles. The molecule has 0 aromatic carbocycles. The van der Waals surface area contributed by atoms with Gasteiger partial charge in [-0.1, -0.05) is 77.6 Å². The van der Waals surface area contributed by atoms with Gasteiger partial charge in [0.05, 0.1) is 12.9 Å². The number of rotatable bonds is 18. The van der Waals surface area contributed by atoms with Crippen LogP contribution in [-0.4, -0.2) is 31.5 Å². The van der Waals surface area contributed by atoms with Gasteiger partial charge in [0, 0.05) is 7.11 Å². The van der Waals surface area contributed by atoms with Gasteiger partial charge in [-0.2, -0.15) is 0 Å². The monoisotopic (exact) mass is 328 g/mol. The summed E-state index contributed by atoms with van der Waals surface area (Å²) in [6, 6.07) is 0. The number of hydrogen-bond acceptors (Lipinski definition) is 3. The molecule has 0 radical (unpaired) electrons. The zero-order valence-electron chi connectivity index (χ0n) is 15.6. The lowest BCUT2D eigenvalue weighted by Crippen LogP contribution is -2.20. The predicted molar refractivity (Wildman–Crippen MR) is 98.7 cm³/mol. The topological polar surface area (TPSA) is 38.7 Å². The van der Waals surface area contributed by atoms with Gasteiger partial charge in [0.25, 0.3) is 0 Å². The lowest BCUT2D eigenvalue weighted by Gasteiger charge is -2.10. The van der Waals surface area contributed by atoms with E-state index in [0.29, 0.717) is 6.61 Å². The minimum absolute atomic E-state index is 0.00306. The Morgan fingerprint density at radius 2 is 1.35 bits per heavy atom. The van der Waals surface area contributed by atoms with E-state index < -0.39 is 0 Å². The molecule has 3 heteroatoms. The van der Waals surface area contributed by atoms with E-state index in [9.17, 15) is 0 Å². The van der Waals surface area contributed by atoms with Crippen LogP contribution in [0.5, 0.6) is 0 Å². The van der Waals surface area contributed by atoms with Gasteiger partial charge in [-0.25, -0.2) is 0 Å². The molecule has 0 saturated heterocycles. The van der Waals surface area contributed by atoms with E-state index in [1.165, 1.54) is 77.0 Å². The van der Waals surface area contributed by atoms with Gasteiger partial charge >= 0.3 is 0 Å². The second-order valence-corrected chi connectivity index (χ2v) is 6.42. The molecule has 0 aromatic rings. The Morgan fingerprint density at radius 3 is 1.83 bits per heavy atom. The molecule has 23 heavy (non-hydrogen) atoms. The van der Waals surface area contributed by atoms with Crippen molar-refractivity contribution in [3.63, 3.8) is 0 Å². The third-order valence-electron chi connectivity index (χ3n) is 4.24. The predicted octanol–water partition coefficient (Wildman–Crippen LogP) is 5.62. The summed E-state index contributed by atoms with van der Waals surface area (Å²) in [7, 11) is 1.58. The normalized spacial score (nSPS) is 12.8. The molecular weight excluding hydrogens is 288 g/mol. The highest BCUT2D eigenvalue weighted by atomic mass is 16.5. The van der Waals surface area contributed by atoms with Crippen molar-refractivity contribution in [3.05, 3.63) is 12.3 Å². The fraction of sp³-hybridized carbons (Fsp3) is 0.900. The highest BCUT2D eigenvalue weighted by molar-refractivity contribution is 4.73. The second-order valence-electron chi connectivity index (χ2n) is 6.42. The first kappa shape index (κ1) is 22.5. The van der Waals surface area contributed by atoms with Crippen molar-refractivity contribution in [1.82, 2.24) is 0 Å². The molecule has 1 atom stereocenters. The third-order valence-corrected chi connectivity index (χ3v) is 4.24. The van der Waals surface area contributed by atoms with Crippen molar-refractivity contribution in [3.8, 4) is 0 Å². The van der Waals surface area contributed by atoms with Crippen molar-refractivity contribution in [2.45, 2.75) is 96.5 Å². The molecule has 1 unspecified atom stereocenters. The van der Waals surface area contributed by atoms with Gasteiger partial charge in [-0.3, -0.25) is 0 Å². The van der Waals surface area contributed by atoms with Crippen molar-refractivity contribution >= 4 is 0 Å². The van der Waals surface area contributed by atoms with Gasteiger partial charge in [-0.05, 0) is 18.9 Å². The van der Waals surface area contributed by atoms with Gasteiger partial charge in [0.15, 0.2) is 0 Å². The van der Waals surface area contributed by atoms with E-state index in [1.807, 2.05) is 0 Å². The van der Waals surface area contributed by atoms with Crippen LogP contribution in [0.4, 0.5) is 0 Å². The molecule has 0 saturated carbocycles. The maximum absolute atomic E-state index is 8.92. The zero-order chi connectivity index (χ0) is 17.0. The summed E-state index contributed by atoms with van der Waals surface area (Å²) in [6.45, 7) is 2.70. The number of aliphatic hydroxyl groups is 1. The molecule has 0 fully saturated rings. The molecule has 0 aliphatic heterocycles. The number of ether oxygens (including phenoxy) is 2. The van der Waals surface area contributed by atoms with Crippen LogP contribution in [0.1, 0.15) is 90.4 Å². The molecular formula is C20H40O3. The first-order valence-corrected chi connectivity index (χ1v) is 9.75. The minimum atomic E-state index is -0.216. The molecule has 3 nitrogen and oxygen atoms in total. The fourth-order valence-corrected chi connectivity index (χ4v) is 2.60. The largest absolute Gasteiger partial charge is 0.499 e. The number of methoxy groups -OCH3 is 1. The third kappa shape index (κ3) is 17.6. The number of aliphatic hydroxyl groups excluding tert-OH is 1. The first-order chi connectivity index (χ1) is 11.3. The molecule has 0 spiro atoms. The second kappa shape index (κ2) is 19.5. The summed E-state index contributed by atoms with van der Waals surface area (Å²) in [5.41, 5.74) is 0. The lowest BCUT2D eigenvalue weighted by atomic mass is 10.0. The SMILES string of the molecule is CCCCCCCCCCCCCC/C=C\OCC(CO)OC. The summed E-state index contributed by atoms with van der Waals surface area (Å²) in [5, 5.41) is 8.92. The number of hydrogen-bond donors (Lipinski definition) is 1. The van der Waals surface area contributed by atoms with Crippen LogP contribution in [-0.2, 0) is 9.47 Å². The highest BCUT2D eigenvalue weighted by Crippen LogP contribution is 2.12. The van der Waals surface area contributed by atoms with E-state index in [4.69, 9.17) is 14.6 Å². The van der Waals surface area contributed by atoms with Crippen molar-refractivity contribution in [2.24, 2.45) is 0 Å². The summed E-state index contributed by atoms with van der Waals surface area (Å²) in [6.07, 6.45) is 21.3. The van der Waals surface area contributed by atoms with E-state index in [2.05, 4.69) is 13.0 Å². The van der Waals surface area contributed by atoms with Gasteiger partial charge in [0.1, 0.15) is 12.7 Å². The van der Waals surface area contributed by atoms with Gasteiger partial charge in [0.2, 0.25) is 0 Å². The highest BCUT2D eigenvalue weighted by Gasteiger charge is 2.03. The smallest absolute Gasteiger partial charge is 0.116 e. The molecule has 0 heterocycles. The van der Waals surface area contributed by atoms with Crippen LogP contribution < -0.4 is 0 Å². The molecule has 0 aliphatic carbocycles. The van der Waals surface area contributed by atoms with Crippen molar-refractivity contribution in [1.29, 1.82) is 0 Å².